The van der Waals surface area contributed by atoms with Gasteiger partial charge in [-0.3, -0.25) is 0 Å². The molecule has 0 aromatic carbocycles. The topological polar surface area (TPSA) is 80.2 Å². The van der Waals surface area contributed by atoms with E-state index in [4.69, 9.17) is 22.7 Å². The number of hydrogen-bond donors (Lipinski definition) is 2. The number of ether oxygens (including phenoxy) is 1. The van der Waals surface area contributed by atoms with Crippen LogP contribution in [0, 0.1) is 0 Å². The maximum Gasteiger partial charge on any atom is 0.475 e. The van der Waals surface area contributed by atoms with Crippen molar-refractivity contribution in [1.82, 2.24) is 0 Å². The first-order valence-electron chi connectivity index (χ1n) is 4.30. The zero-order valence-corrected chi connectivity index (χ0v) is 10.8. The van der Waals surface area contributed by atoms with Gasteiger partial charge in [-0.1, -0.05) is 12.2 Å². The molecule has 9 heteroatoms. The van der Waals surface area contributed by atoms with Gasteiger partial charge in [0, 0.05) is 0 Å². The van der Waals surface area contributed by atoms with Crippen molar-refractivity contribution in [3.63, 3.8) is 0 Å². The highest BCUT2D eigenvalue weighted by molar-refractivity contribution is 7.80. The fourth-order valence-electron chi connectivity index (χ4n) is 0.954. The lowest BCUT2D eigenvalue weighted by Crippen LogP contribution is -2.89. The molecule has 0 aromatic rings. The molecule has 1 aliphatic heterocycles. The van der Waals surface area contributed by atoms with Crippen molar-refractivity contribution in [3.8, 4) is 0 Å². The van der Waals surface area contributed by atoms with Crippen LogP contribution in [0.3, 0.4) is 0 Å². The van der Waals surface area contributed by atoms with Gasteiger partial charge < -0.3 is 44.1 Å². The van der Waals surface area contributed by atoms with Gasteiger partial charge in [0.2, 0.25) is 0 Å². The molecule has 0 atom stereocenters. The van der Waals surface area contributed by atoms with Gasteiger partial charge in [0.05, 0.1) is 31.7 Å². The second-order valence-electron chi connectivity index (χ2n) is 2.86. The molecule has 0 saturated carbocycles. The summed E-state index contributed by atoms with van der Waals surface area (Å²) in [4.78, 5) is 20.3. The van der Waals surface area contributed by atoms with E-state index in [1.807, 2.05) is 0 Å². The number of nitrogens with two attached hydrogens (primary N) is 1. The first-order chi connectivity index (χ1) is 7.46. The summed E-state index contributed by atoms with van der Waals surface area (Å²) in [7, 11) is 0. The van der Waals surface area contributed by atoms with Crippen LogP contribution < -0.4 is 4.72 Å². The summed E-state index contributed by atoms with van der Waals surface area (Å²) in [5, 5.41) is 8.23. The van der Waals surface area contributed by atoms with E-state index in [-0.39, 0.29) is 9.92 Å². The van der Waals surface area contributed by atoms with E-state index in [9.17, 15) is 9.59 Å². The molecule has 1 heterocycles. The third-order valence-corrected chi connectivity index (χ3v) is 2.75. The monoisotopic (exact) mass is 284 g/mol. The molecule has 2 amide bonds. The highest BCUT2D eigenvalue weighted by atomic mass is 32.1. The Hall–Kier alpha value is -0.190. The SMILES string of the molecule is O=C(O)C=S.O=C([NH2+][S-])[N+]1([S-])CCOCC1. The number of thiocarbonyl (C=S) groups is 1. The van der Waals surface area contributed by atoms with Crippen LogP contribution in [0.1, 0.15) is 0 Å². The van der Waals surface area contributed by atoms with Crippen molar-refractivity contribution in [2.45, 2.75) is 0 Å². The Balaban J connectivity index is 0.000000385. The molecular formula is C7H12N2O4S3. The highest BCUT2D eigenvalue weighted by Gasteiger charge is 2.28. The van der Waals surface area contributed by atoms with Crippen LogP contribution in [-0.2, 0) is 35.2 Å². The lowest BCUT2D eigenvalue weighted by molar-refractivity contribution is -0.768. The van der Waals surface area contributed by atoms with E-state index >= 15 is 0 Å². The number of nitrogens with zero attached hydrogens (tertiary/aromatic N) is 1. The molecule has 0 bridgehead atoms. The van der Waals surface area contributed by atoms with E-state index in [1.165, 1.54) is 0 Å². The normalized spacial score (nSPS) is 17.9. The Morgan fingerprint density at radius 3 is 2.19 bits per heavy atom. The summed E-state index contributed by atoms with van der Waals surface area (Å²) in [6, 6.07) is -0.168. The third kappa shape index (κ3) is 5.77. The molecule has 1 rings (SSSR count). The van der Waals surface area contributed by atoms with Gasteiger partial charge in [0.15, 0.2) is 0 Å². The Bertz CT molecular complexity index is 268. The van der Waals surface area contributed by atoms with Crippen LogP contribution in [-0.4, -0.2) is 52.7 Å². The molecular weight excluding hydrogens is 272 g/mol. The van der Waals surface area contributed by atoms with Gasteiger partial charge in [0.25, 0.3) is 0 Å². The fourth-order valence-corrected chi connectivity index (χ4v) is 1.42. The number of hydrogen-bond acceptors (Lipinski definition) is 6. The predicted octanol–water partition coefficient (Wildman–Crippen LogP) is -1.49. The van der Waals surface area contributed by atoms with Gasteiger partial charge in [-0.15, -0.1) is 0 Å². The van der Waals surface area contributed by atoms with Gasteiger partial charge in [-0.25, -0.2) is 4.79 Å². The van der Waals surface area contributed by atoms with E-state index in [1.54, 1.807) is 0 Å². The quantitative estimate of drug-likeness (QED) is 0.345. The molecule has 16 heavy (non-hydrogen) atoms. The van der Waals surface area contributed by atoms with Crippen LogP contribution in [0.25, 0.3) is 0 Å². The summed E-state index contributed by atoms with van der Waals surface area (Å²) < 4.78 is 6.19. The van der Waals surface area contributed by atoms with Crippen LogP contribution >= 0.6 is 12.2 Å². The fraction of sp³-hybridized carbons (Fsp3) is 0.571. The number of carboxylic acid groups (broad SMARTS) is 1. The maximum atomic E-state index is 11.1. The number of carbonyl (C=O) groups excluding carboxylic acids is 1. The highest BCUT2D eigenvalue weighted by Crippen LogP contribution is 2.06. The minimum atomic E-state index is -1.06. The smallest absolute Gasteiger partial charge is 0.475 e. The average Bonchev–Trinajstić information content (AvgIpc) is 2.29. The van der Waals surface area contributed by atoms with E-state index in [0.717, 1.165) is 4.72 Å². The minimum absolute atomic E-state index is 0.0104. The number of morpholine rings is 1. The van der Waals surface area contributed by atoms with Gasteiger partial charge in [0.1, 0.15) is 0 Å². The maximum absolute atomic E-state index is 11.1. The molecule has 1 saturated heterocycles. The Kier molecular flexibility index (Phi) is 7.89. The molecule has 3 N–H and O–H groups in total. The molecule has 0 radical (unpaired) electrons. The third-order valence-electron chi connectivity index (χ3n) is 1.80. The Morgan fingerprint density at radius 2 is 1.88 bits per heavy atom. The van der Waals surface area contributed by atoms with Crippen LogP contribution in [0.2, 0.25) is 0 Å². The molecule has 0 aromatic heterocycles. The van der Waals surface area contributed by atoms with E-state index in [0.29, 0.717) is 31.7 Å². The molecule has 6 nitrogen and oxygen atoms in total. The first-order valence-corrected chi connectivity index (χ1v) is 5.60. The summed E-state index contributed by atoms with van der Waals surface area (Å²) in [5.41, 5.74) is 0. The van der Waals surface area contributed by atoms with Crippen LogP contribution in [0.15, 0.2) is 0 Å². The lowest BCUT2D eigenvalue weighted by atomic mass is 10.4. The molecule has 0 unspecified atom stereocenters. The van der Waals surface area contributed by atoms with Crippen molar-refractivity contribution in [1.29, 1.82) is 0 Å². The number of carbonyl (C=O) groups is 2. The largest absolute Gasteiger partial charge is 0.483 e. The minimum Gasteiger partial charge on any atom is -0.483 e. The second kappa shape index (κ2) is 7.98. The van der Waals surface area contributed by atoms with Crippen LogP contribution in [0.5, 0.6) is 0 Å². The van der Waals surface area contributed by atoms with Gasteiger partial charge in [-0.05, 0) is 0 Å². The lowest BCUT2D eigenvalue weighted by Gasteiger charge is -2.41. The van der Waals surface area contributed by atoms with E-state index < -0.39 is 5.97 Å². The summed E-state index contributed by atoms with van der Waals surface area (Å²) >= 11 is 13.6. The molecule has 92 valence electrons. The first kappa shape index (κ1) is 15.8. The van der Waals surface area contributed by atoms with Crippen molar-refractivity contribution in [2.75, 3.05) is 26.3 Å². The average molecular weight is 284 g/mol. The number of rotatable bonds is 1. The molecule has 0 aliphatic carbocycles. The summed E-state index contributed by atoms with van der Waals surface area (Å²) in [6.07, 6.45) is 0. The summed E-state index contributed by atoms with van der Waals surface area (Å²) in [5.74, 6) is -1.06. The van der Waals surface area contributed by atoms with Crippen molar-refractivity contribution in [2.24, 2.45) is 0 Å². The Morgan fingerprint density at radius 1 is 1.44 bits per heavy atom. The van der Waals surface area contributed by atoms with Crippen molar-refractivity contribution in [3.05, 3.63) is 0 Å². The van der Waals surface area contributed by atoms with Gasteiger partial charge in [-0.2, -0.15) is 4.79 Å². The van der Waals surface area contributed by atoms with Crippen LogP contribution in [0.4, 0.5) is 4.79 Å². The van der Waals surface area contributed by atoms with E-state index in [2.05, 4.69) is 25.0 Å². The number of quaternary nitrogens is 2. The second-order valence-corrected chi connectivity index (χ2v) is 4.03. The number of urea groups is 1. The molecule has 1 fully saturated rings. The number of carboxylic acids is 1. The summed E-state index contributed by atoms with van der Waals surface area (Å²) in [6.45, 7) is 2.22. The molecule has 0 spiro atoms. The van der Waals surface area contributed by atoms with Crippen molar-refractivity contribution < 1.29 is 28.0 Å². The van der Waals surface area contributed by atoms with Crippen molar-refractivity contribution >= 4 is 55.2 Å². The standard InChI is InChI=1S/C5H10N2O2S2.C2H2O2S/c8-5(6-10)7(11)1-3-9-4-2-7;3-2(4)1-5/h1-4,6H2;1H,(H,3,4). The number of aliphatic carboxylic acids is 1. The Labute approximate surface area is 110 Å². The predicted molar refractivity (Wildman–Crippen MR) is 64.2 cm³/mol. The zero-order valence-electron chi connectivity index (χ0n) is 8.33. The van der Waals surface area contributed by atoms with Gasteiger partial charge >= 0.3 is 12.0 Å². The number of amides is 2. The number of primary amides is 1. The zero-order chi connectivity index (χ0) is 12.6. The molecule has 1 aliphatic rings.